The molecule has 1 atom stereocenters. The van der Waals surface area contributed by atoms with E-state index >= 15 is 0 Å². The molecule has 2 aromatic heterocycles. The summed E-state index contributed by atoms with van der Waals surface area (Å²) in [5.74, 6) is 0.702. The van der Waals surface area contributed by atoms with Gasteiger partial charge in [-0.15, -0.1) is 11.3 Å². The van der Waals surface area contributed by atoms with E-state index in [1.165, 1.54) is 53.6 Å². The van der Waals surface area contributed by atoms with E-state index < -0.39 is 0 Å². The number of benzene rings is 8. The molecule has 0 saturated heterocycles. The maximum atomic E-state index is 5.33. The molecule has 0 spiro atoms. The fourth-order valence-corrected chi connectivity index (χ4v) is 10.1. The summed E-state index contributed by atoms with van der Waals surface area (Å²) in [5.41, 5.74) is 15.8. The van der Waals surface area contributed by atoms with E-state index in [0.29, 0.717) is 5.82 Å². The summed E-state index contributed by atoms with van der Waals surface area (Å²) in [7, 11) is 0. The second-order valence-corrected chi connectivity index (χ2v) is 16.1. The van der Waals surface area contributed by atoms with Crippen LogP contribution in [0.2, 0.25) is 0 Å². The second-order valence-electron chi connectivity index (χ2n) is 15.0. The first-order chi connectivity index (χ1) is 28.1. The fraction of sp³-hybridized carbons (Fsp3) is 0.0370. The molecule has 3 heteroatoms. The van der Waals surface area contributed by atoms with Crippen LogP contribution in [0, 0.1) is 0 Å². The summed E-state index contributed by atoms with van der Waals surface area (Å²) in [5, 5.41) is 2.58. The van der Waals surface area contributed by atoms with Gasteiger partial charge in [-0.3, -0.25) is 0 Å². The van der Waals surface area contributed by atoms with E-state index in [-0.39, 0.29) is 5.41 Å². The first-order valence-corrected chi connectivity index (χ1v) is 20.3. The molecule has 0 radical (unpaired) electrons. The third-order valence-corrected chi connectivity index (χ3v) is 13.0. The maximum Gasteiger partial charge on any atom is 0.160 e. The smallest absolute Gasteiger partial charge is 0.160 e. The van der Waals surface area contributed by atoms with Gasteiger partial charge in [0.05, 0.1) is 11.4 Å². The monoisotopic (exact) mass is 744 g/mol. The van der Waals surface area contributed by atoms with Gasteiger partial charge in [-0.2, -0.15) is 0 Å². The topological polar surface area (TPSA) is 25.8 Å². The van der Waals surface area contributed by atoms with E-state index in [4.69, 9.17) is 9.97 Å². The highest BCUT2D eigenvalue weighted by Crippen LogP contribution is 2.53. The van der Waals surface area contributed by atoms with E-state index in [1.54, 1.807) is 0 Å². The van der Waals surface area contributed by atoms with Gasteiger partial charge >= 0.3 is 0 Å². The number of thiophene rings is 1. The first kappa shape index (κ1) is 33.4. The molecule has 268 valence electrons. The van der Waals surface area contributed by atoms with Gasteiger partial charge in [0, 0.05) is 42.3 Å². The largest absolute Gasteiger partial charge is 0.228 e. The summed E-state index contributed by atoms with van der Waals surface area (Å²) in [6.45, 7) is 2.38. The summed E-state index contributed by atoms with van der Waals surface area (Å²) in [6, 6.07) is 72.2. The van der Waals surface area contributed by atoms with Crippen LogP contribution in [-0.4, -0.2) is 9.97 Å². The summed E-state index contributed by atoms with van der Waals surface area (Å²) < 4.78 is 2.60. The van der Waals surface area contributed by atoms with Crippen molar-refractivity contribution in [2.75, 3.05) is 0 Å². The van der Waals surface area contributed by atoms with Crippen LogP contribution in [0.1, 0.15) is 23.6 Å². The zero-order valence-electron chi connectivity index (χ0n) is 31.4. The van der Waals surface area contributed by atoms with Crippen LogP contribution in [0.3, 0.4) is 0 Å². The second kappa shape index (κ2) is 13.4. The van der Waals surface area contributed by atoms with Crippen LogP contribution in [-0.2, 0) is 5.41 Å². The average Bonchev–Trinajstić information content (AvgIpc) is 3.79. The lowest BCUT2D eigenvalue weighted by Crippen LogP contribution is -2.22. The van der Waals surface area contributed by atoms with Gasteiger partial charge in [-0.05, 0) is 87.3 Å². The molecule has 2 heterocycles. The van der Waals surface area contributed by atoms with Crippen molar-refractivity contribution in [1.82, 2.24) is 9.97 Å². The number of aromatic nitrogens is 2. The molecule has 2 nitrogen and oxygen atoms in total. The van der Waals surface area contributed by atoms with Gasteiger partial charge in [0.2, 0.25) is 0 Å². The number of nitrogens with zero attached hydrogens (tertiary/aromatic N) is 2. The summed E-state index contributed by atoms with van der Waals surface area (Å²) in [4.78, 5) is 10.6. The molecule has 57 heavy (non-hydrogen) atoms. The zero-order valence-corrected chi connectivity index (χ0v) is 32.2. The lowest BCUT2D eigenvalue weighted by molar-refractivity contribution is 0.714. The highest BCUT2D eigenvalue weighted by Gasteiger charge is 2.40. The highest BCUT2D eigenvalue weighted by atomic mass is 32.1. The Morgan fingerprint density at radius 1 is 0.368 bits per heavy atom. The van der Waals surface area contributed by atoms with Gasteiger partial charge in [0.1, 0.15) is 0 Å². The lowest BCUT2D eigenvalue weighted by atomic mass is 9.74. The highest BCUT2D eigenvalue weighted by molar-refractivity contribution is 7.25. The van der Waals surface area contributed by atoms with E-state index in [9.17, 15) is 0 Å². The Morgan fingerprint density at radius 2 is 0.895 bits per heavy atom. The molecule has 0 amide bonds. The van der Waals surface area contributed by atoms with Crippen LogP contribution in [0.5, 0.6) is 0 Å². The zero-order chi connectivity index (χ0) is 37.9. The minimum absolute atomic E-state index is 0.289. The Morgan fingerprint density at radius 3 is 1.61 bits per heavy atom. The van der Waals surface area contributed by atoms with E-state index in [0.717, 1.165) is 44.8 Å². The van der Waals surface area contributed by atoms with Crippen molar-refractivity contribution in [2.45, 2.75) is 12.3 Å². The van der Waals surface area contributed by atoms with E-state index in [1.807, 2.05) is 17.4 Å². The predicted molar refractivity (Wildman–Crippen MR) is 240 cm³/mol. The molecule has 0 fully saturated rings. The van der Waals surface area contributed by atoms with Gasteiger partial charge in [-0.1, -0.05) is 170 Å². The van der Waals surface area contributed by atoms with Crippen molar-refractivity contribution >= 4 is 31.5 Å². The molecule has 1 unspecified atom stereocenters. The Kier molecular flexibility index (Phi) is 7.84. The normalized spacial score (nSPS) is 14.5. The lowest BCUT2D eigenvalue weighted by Gasteiger charge is -2.28. The van der Waals surface area contributed by atoms with Crippen LogP contribution in [0.4, 0.5) is 0 Å². The van der Waals surface area contributed by atoms with Crippen molar-refractivity contribution in [2.24, 2.45) is 0 Å². The number of hydrogen-bond acceptors (Lipinski definition) is 3. The molecular weight excluding hydrogens is 709 g/mol. The van der Waals surface area contributed by atoms with Crippen LogP contribution in [0.15, 0.2) is 200 Å². The van der Waals surface area contributed by atoms with Crippen LogP contribution < -0.4 is 0 Å². The van der Waals surface area contributed by atoms with Crippen molar-refractivity contribution in [1.29, 1.82) is 0 Å². The third kappa shape index (κ3) is 5.46. The standard InChI is InChI=1S/C54H36N2S/c1-54(38-18-6-3-7-19-38)47-26-14-12-22-41(47)42-30-28-37(33-48(42)54)40-21-9-11-24-44(40)50-34-49(55-53(56-50)35-16-4-2-5-17-35)43-23-10-8-20-39(43)36-29-31-52-46(32-36)45-25-13-15-27-51(45)57-52/h2-34H,1H3. The summed E-state index contributed by atoms with van der Waals surface area (Å²) in [6.07, 6.45) is 0. The third-order valence-electron chi connectivity index (χ3n) is 11.8. The van der Waals surface area contributed by atoms with Crippen LogP contribution >= 0.6 is 11.3 Å². The Labute approximate surface area is 336 Å². The fourth-order valence-electron chi connectivity index (χ4n) is 8.99. The number of fused-ring (bicyclic) bond motifs is 6. The van der Waals surface area contributed by atoms with Gasteiger partial charge in [0.15, 0.2) is 5.82 Å². The van der Waals surface area contributed by atoms with Crippen molar-refractivity contribution in [3.63, 3.8) is 0 Å². The van der Waals surface area contributed by atoms with Crippen molar-refractivity contribution < 1.29 is 0 Å². The Balaban J connectivity index is 1.09. The van der Waals surface area contributed by atoms with Crippen molar-refractivity contribution in [3.8, 4) is 67.3 Å². The van der Waals surface area contributed by atoms with E-state index in [2.05, 4.69) is 201 Å². The molecular formula is C54H36N2S. The molecule has 0 saturated carbocycles. The first-order valence-electron chi connectivity index (χ1n) is 19.5. The van der Waals surface area contributed by atoms with Gasteiger partial charge in [-0.25, -0.2) is 9.97 Å². The molecule has 0 aliphatic heterocycles. The molecule has 10 aromatic rings. The quantitative estimate of drug-likeness (QED) is 0.169. The molecule has 8 aromatic carbocycles. The van der Waals surface area contributed by atoms with Gasteiger partial charge < -0.3 is 0 Å². The van der Waals surface area contributed by atoms with Crippen LogP contribution in [0.25, 0.3) is 87.5 Å². The minimum Gasteiger partial charge on any atom is -0.228 e. The minimum atomic E-state index is -0.289. The predicted octanol–water partition coefficient (Wildman–Crippen LogP) is 14.5. The summed E-state index contributed by atoms with van der Waals surface area (Å²) >= 11 is 1.85. The molecule has 0 bridgehead atoms. The van der Waals surface area contributed by atoms with Crippen molar-refractivity contribution in [3.05, 3.63) is 217 Å². The Bertz CT molecular complexity index is 3140. The Hall–Kier alpha value is -6.94. The molecule has 11 rings (SSSR count). The van der Waals surface area contributed by atoms with Gasteiger partial charge in [0.25, 0.3) is 0 Å². The molecule has 1 aliphatic rings. The number of hydrogen-bond donors (Lipinski definition) is 0. The molecule has 1 aliphatic carbocycles. The molecule has 0 N–H and O–H groups in total. The number of rotatable bonds is 6. The maximum absolute atomic E-state index is 5.33. The average molecular weight is 745 g/mol. The SMILES string of the molecule is CC1(c2ccccc2)c2ccccc2-c2ccc(-c3ccccc3-c3cc(-c4ccccc4-c4ccc5sc6ccccc6c5c4)nc(-c4ccccc4)n3)cc21.